The maximum atomic E-state index is 11.8. The molecule has 1 saturated carbocycles. The van der Waals surface area contributed by atoms with E-state index in [2.05, 4.69) is 10.6 Å². The monoisotopic (exact) mass is 295 g/mol. The topological polar surface area (TPSA) is 67.1 Å². The summed E-state index contributed by atoms with van der Waals surface area (Å²) >= 11 is 5.82. The summed E-state index contributed by atoms with van der Waals surface area (Å²) in [5.41, 5.74) is 6.70. The molecule has 1 aliphatic carbocycles. The summed E-state index contributed by atoms with van der Waals surface area (Å²) in [5.74, 6) is 0.630. The Morgan fingerprint density at radius 3 is 2.45 bits per heavy atom. The Morgan fingerprint density at radius 2 is 1.85 bits per heavy atom. The number of halogens is 1. The van der Waals surface area contributed by atoms with Crippen LogP contribution >= 0.6 is 11.6 Å². The van der Waals surface area contributed by atoms with Crippen LogP contribution in [0.2, 0.25) is 5.02 Å². The Labute approximate surface area is 125 Å². The van der Waals surface area contributed by atoms with E-state index >= 15 is 0 Å². The van der Waals surface area contributed by atoms with Crippen LogP contribution in [0.4, 0.5) is 4.79 Å². The van der Waals surface area contributed by atoms with Crippen molar-refractivity contribution in [1.82, 2.24) is 10.6 Å². The molecule has 0 unspecified atom stereocenters. The lowest BCUT2D eigenvalue weighted by atomic mass is 9.86. The largest absolute Gasteiger partial charge is 0.335 e. The van der Waals surface area contributed by atoms with Gasteiger partial charge in [0.1, 0.15) is 0 Å². The lowest BCUT2D eigenvalue weighted by Crippen LogP contribution is -2.43. The van der Waals surface area contributed by atoms with Gasteiger partial charge in [-0.1, -0.05) is 23.7 Å². The van der Waals surface area contributed by atoms with Gasteiger partial charge in [0.05, 0.1) is 0 Å². The zero-order valence-electron chi connectivity index (χ0n) is 11.6. The van der Waals surface area contributed by atoms with E-state index < -0.39 is 0 Å². The number of rotatable bonds is 4. The Bertz CT molecular complexity index is 427. The van der Waals surface area contributed by atoms with Crippen molar-refractivity contribution in [2.24, 2.45) is 11.7 Å². The highest BCUT2D eigenvalue weighted by molar-refractivity contribution is 6.30. The first-order valence-corrected chi connectivity index (χ1v) is 7.54. The highest BCUT2D eigenvalue weighted by atomic mass is 35.5. The van der Waals surface area contributed by atoms with E-state index in [1.165, 1.54) is 0 Å². The van der Waals surface area contributed by atoms with Gasteiger partial charge >= 0.3 is 6.03 Å². The molecular formula is C15H22ClN3O. The smallest absolute Gasteiger partial charge is 0.315 e. The first kappa shape index (κ1) is 15.1. The molecule has 0 heterocycles. The number of carbonyl (C=O) groups is 1. The number of hydrogen-bond acceptors (Lipinski definition) is 2. The Morgan fingerprint density at radius 1 is 1.20 bits per heavy atom. The van der Waals surface area contributed by atoms with Crippen LogP contribution in [0.1, 0.15) is 31.2 Å². The predicted molar refractivity (Wildman–Crippen MR) is 81.6 cm³/mol. The van der Waals surface area contributed by atoms with Gasteiger partial charge < -0.3 is 16.4 Å². The van der Waals surface area contributed by atoms with Crippen LogP contribution in [0.25, 0.3) is 0 Å². The van der Waals surface area contributed by atoms with Gasteiger partial charge in [0.15, 0.2) is 0 Å². The highest BCUT2D eigenvalue weighted by Crippen LogP contribution is 2.23. The van der Waals surface area contributed by atoms with Crippen LogP contribution in [0.3, 0.4) is 0 Å². The third kappa shape index (κ3) is 4.69. The molecule has 1 fully saturated rings. The number of amides is 2. The molecule has 0 radical (unpaired) electrons. The van der Waals surface area contributed by atoms with Gasteiger partial charge in [-0.25, -0.2) is 4.79 Å². The fourth-order valence-corrected chi connectivity index (χ4v) is 2.69. The highest BCUT2D eigenvalue weighted by Gasteiger charge is 2.21. The third-order valence-electron chi connectivity index (χ3n) is 3.88. The van der Waals surface area contributed by atoms with Crippen molar-refractivity contribution >= 4 is 17.6 Å². The van der Waals surface area contributed by atoms with Crippen molar-refractivity contribution in [3.63, 3.8) is 0 Å². The minimum atomic E-state index is -0.101. The molecule has 5 heteroatoms. The van der Waals surface area contributed by atoms with Crippen molar-refractivity contribution in [2.75, 3.05) is 6.54 Å². The average Bonchev–Trinajstić information content (AvgIpc) is 2.47. The minimum Gasteiger partial charge on any atom is -0.335 e. The molecule has 2 rings (SSSR count). The minimum absolute atomic E-state index is 0.101. The second-order valence-electron chi connectivity index (χ2n) is 5.41. The zero-order chi connectivity index (χ0) is 14.4. The lowest BCUT2D eigenvalue weighted by Gasteiger charge is -2.28. The molecule has 1 aliphatic rings. The van der Waals surface area contributed by atoms with Gasteiger partial charge in [-0.05, 0) is 55.8 Å². The van der Waals surface area contributed by atoms with E-state index in [4.69, 9.17) is 17.3 Å². The van der Waals surface area contributed by atoms with Crippen LogP contribution in [-0.4, -0.2) is 18.6 Å². The SMILES string of the molecule is NCC1CCC(NC(=O)NCc2ccc(Cl)cc2)CC1. The molecule has 1 aromatic rings. The first-order chi connectivity index (χ1) is 9.67. The fraction of sp³-hybridized carbons (Fsp3) is 0.533. The third-order valence-corrected chi connectivity index (χ3v) is 4.13. The van der Waals surface area contributed by atoms with E-state index in [0.29, 0.717) is 17.5 Å². The molecule has 0 saturated heterocycles. The van der Waals surface area contributed by atoms with Crippen LogP contribution in [0.5, 0.6) is 0 Å². The van der Waals surface area contributed by atoms with Gasteiger partial charge in [-0.3, -0.25) is 0 Å². The summed E-state index contributed by atoms with van der Waals surface area (Å²) in [6.45, 7) is 1.27. The Hall–Kier alpha value is -1.26. The molecule has 2 amide bonds. The van der Waals surface area contributed by atoms with Crippen molar-refractivity contribution in [3.8, 4) is 0 Å². The molecule has 4 N–H and O–H groups in total. The molecule has 0 spiro atoms. The molecule has 20 heavy (non-hydrogen) atoms. The number of nitrogens with two attached hydrogens (primary N) is 1. The predicted octanol–water partition coefficient (Wildman–Crippen LogP) is 2.66. The molecular weight excluding hydrogens is 274 g/mol. The van der Waals surface area contributed by atoms with E-state index in [-0.39, 0.29) is 12.1 Å². The normalized spacial score (nSPS) is 22.3. The molecule has 1 aromatic carbocycles. The van der Waals surface area contributed by atoms with E-state index in [0.717, 1.165) is 37.8 Å². The summed E-state index contributed by atoms with van der Waals surface area (Å²) < 4.78 is 0. The average molecular weight is 296 g/mol. The fourth-order valence-electron chi connectivity index (χ4n) is 2.56. The lowest BCUT2D eigenvalue weighted by molar-refractivity contribution is 0.227. The van der Waals surface area contributed by atoms with Gasteiger partial charge in [0, 0.05) is 17.6 Å². The molecule has 110 valence electrons. The Balaban J connectivity index is 1.69. The summed E-state index contributed by atoms with van der Waals surface area (Å²) in [6.07, 6.45) is 4.27. The number of carbonyl (C=O) groups excluding carboxylic acids is 1. The summed E-state index contributed by atoms with van der Waals surface area (Å²) in [6, 6.07) is 7.65. The van der Waals surface area contributed by atoms with Crippen LogP contribution in [0, 0.1) is 5.92 Å². The summed E-state index contributed by atoms with van der Waals surface area (Å²) in [4.78, 5) is 11.8. The van der Waals surface area contributed by atoms with Gasteiger partial charge in [-0.2, -0.15) is 0 Å². The maximum absolute atomic E-state index is 11.8. The second kappa shape index (κ2) is 7.50. The van der Waals surface area contributed by atoms with Crippen LogP contribution in [0.15, 0.2) is 24.3 Å². The number of nitrogens with one attached hydrogen (secondary N) is 2. The molecule has 0 aromatic heterocycles. The second-order valence-corrected chi connectivity index (χ2v) is 5.84. The number of benzene rings is 1. The molecule has 4 nitrogen and oxygen atoms in total. The van der Waals surface area contributed by atoms with Gasteiger partial charge in [-0.15, -0.1) is 0 Å². The Kier molecular flexibility index (Phi) is 5.68. The zero-order valence-corrected chi connectivity index (χ0v) is 12.3. The van der Waals surface area contributed by atoms with Crippen LogP contribution < -0.4 is 16.4 Å². The van der Waals surface area contributed by atoms with E-state index in [9.17, 15) is 4.79 Å². The van der Waals surface area contributed by atoms with Crippen molar-refractivity contribution in [1.29, 1.82) is 0 Å². The van der Waals surface area contributed by atoms with E-state index in [1.54, 1.807) is 0 Å². The molecule has 0 aliphatic heterocycles. The standard InChI is InChI=1S/C15H22ClN3O/c16-13-5-1-12(2-6-13)10-18-15(20)19-14-7-3-11(9-17)4-8-14/h1-2,5-6,11,14H,3-4,7-10,17H2,(H2,18,19,20). The van der Waals surface area contributed by atoms with Gasteiger partial charge in [0.2, 0.25) is 0 Å². The van der Waals surface area contributed by atoms with E-state index in [1.807, 2.05) is 24.3 Å². The number of urea groups is 1. The maximum Gasteiger partial charge on any atom is 0.315 e. The molecule has 0 bridgehead atoms. The van der Waals surface area contributed by atoms with Gasteiger partial charge in [0.25, 0.3) is 0 Å². The summed E-state index contributed by atoms with van der Waals surface area (Å²) in [5, 5.41) is 6.60. The van der Waals surface area contributed by atoms with Crippen molar-refractivity contribution in [3.05, 3.63) is 34.9 Å². The van der Waals surface area contributed by atoms with Crippen molar-refractivity contribution < 1.29 is 4.79 Å². The van der Waals surface area contributed by atoms with Crippen molar-refractivity contribution in [2.45, 2.75) is 38.3 Å². The quantitative estimate of drug-likeness (QED) is 0.799. The summed E-state index contributed by atoms with van der Waals surface area (Å²) in [7, 11) is 0. The first-order valence-electron chi connectivity index (χ1n) is 7.16. The molecule has 0 atom stereocenters. The number of hydrogen-bond donors (Lipinski definition) is 3. The van der Waals surface area contributed by atoms with Crippen LogP contribution in [-0.2, 0) is 6.54 Å².